The molecule has 0 aliphatic carbocycles. The second-order valence-corrected chi connectivity index (χ2v) is 5.12. The fraction of sp³-hybridized carbons (Fsp3) is 0.0714. The molecule has 5 nitrogen and oxygen atoms in total. The summed E-state index contributed by atoms with van der Waals surface area (Å²) in [5, 5.41) is 10.7. The van der Waals surface area contributed by atoms with E-state index in [1.807, 2.05) is 16.8 Å². The lowest BCUT2D eigenvalue weighted by molar-refractivity contribution is -0.115. The Balaban J connectivity index is 1.69. The number of pyridine rings is 1. The van der Waals surface area contributed by atoms with Crippen LogP contribution < -0.4 is 5.32 Å². The minimum atomic E-state index is -0.578. The molecule has 0 aliphatic rings. The van der Waals surface area contributed by atoms with Crippen molar-refractivity contribution in [3.8, 4) is 5.69 Å². The number of hydrogen-bond acceptors (Lipinski definition) is 4. The molecule has 0 saturated carbocycles. The van der Waals surface area contributed by atoms with E-state index in [4.69, 9.17) is 0 Å². The Hall–Kier alpha value is -2.54. The van der Waals surface area contributed by atoms with Gasteiger partial charge in [-0.25, -0.2) is 9.67 Å². The molecule has 7 heteroatoms. The van der Waals surface area contributed by atoms with Gasteiger partial charge in [-0.2, -0.15) is 20.8 Å². The van der Waals surface area contributed by atoms with Crippen LogP contribution in [0.1, 0.15) is 5.56 Å². The smallest absolute Gasteiger partial charge is 0.230 e. The molecule has 106 valence electrons. The maximum atomic E-state index is 13.1. The summed E-state index contributed by atoms with van der Waals surface area (Å²) < 4.78 is 14.5. The highest BCUT2D eigenvalue weighted by atomic mass is 32.1. The summed E-state index contributed by atoms with van der Waals surface area (Å²) in [6, 6.07) is 6.46. The molecule has 3 heterocycles. The van der Waals surface area contributed by atoms with E-state index in [1.54, 1.807) is 29.7 Å². The van der Waals surface area contributed by atoms with Gasteiger partial charge >= 0.3 is 0 Å². The number of hydrogen-bond donors (Lipinski definition) is 1. The SMILES string of the molecule is O=C(Cc1ccsc1)Nc1ccn(-c2ccnc(F)c2)n1. The number of anilines is 1. The molecule has 1 N–H and O–H groups in total. The fourth-order valence-corrected chi connectivity index (χ4v) is 2.50. The van der Waals surface area contributed by atoms with Crippen molar-refractivity contribution in [1.29, 1.82) is 0 Å². The number of amides is 1. The van der Waals surface area contributed by atoms with Crippen molar-refractivity contribution in [3.63, 3.8) is 0 Å². The maximum Gasteiger partial charge on any atom is 0.230 e. The molecule has 0 atom stereocenters. The van der Waals surface area contributed by atoms with E-state index >= 15 is 0 Å². The lowest BCUT2D eigenvalue weighted by Gasteiger charge is -2.02. The highest BCUT2D eigenvalue weighted by Gasteiger charge is 2.07. The normalized spacial score (nSPS) is 10.5. The van der Waals surface area contributed by atoms with Gasteiger partial charge in [-0.15, -0.1) is 0 Å². The topological polar surface area (TPSA) is 59.8 Å². The molecule has 0 bridgehead atoms. The second-order valence-electron chi connectivity index (χ2n) is 4.34. The first-order valence-electron chi connectivity index (χ1n) is 6.19. The summed E-state index contributed by atoms with van der Waals surface area (Å²) >= 11 is 1.55. The molecule has 0 aromatic carbocycles. The van der Waals surface area contributed by atoms with Crippen LogP contribution in [0.4, 0.5) is 10.2 Å². The number of nitrogens with one attached hydrogen (secondary N) is 1. The maximum absolute atomic E-state index is 13.1. The molecule has 3 rings (SSSR count). The molecule has 0 saturated heterocycles. The molecule has 0 radical (unpaired) electrons. The van der Waals surface area contributed by atoms with E-state index in [9.17, 15) is 9.18 Å². The highest BCUT2D eigenvalue weighted by molar-refractivity contribution is 7.08. The van der Waals surface area contributed by atoms with Crippen molar-refractivity contribution in [2.75, 3.05) is 5.32 Å². The zero-order valence-electron chi connectivity index (χ0n) is 10.9. The Bertz CT molecular complexity index is 754. The largest absolute Gasteiger partial charge is 0.309 e. The van der Waals surface area contributed by atoms with Gasteiger partial charge in [0, 0.05) is 24.5 Å². The van der Waals surface area contributed by atoms with Crippen LogP contribution in [0.25, 0.3) is 5.69 Å². The third kappa shape index (κ3) is 3.32. The summed E-state index contributed by atoms with van der Waals surface area (Å²) in [6.45, 7) is 0. The van der Waals surface area contributed by atoms with Crippen LogP contribution in [0.15, 0.2) is 47.4 Å². The van der Waals surface area contributed by atoms with E-state index in [0.717, 1.165) is 5.56 Å². The number of rotatable bonds is 4. The average Bonchev–Trinajstić information content (AvgIpc) is 3.10. The zero-order chi connectivity index (χ0) is 14.7. The summed E-state index contributed by atoms with van der Waals surface area (Å²) in [5.74, 6) is -0.293. The van der Waals surface area contributed by atoms with E-state index in [2.05, 4.69) is 15.4 Å². The summed E-state index contributed by atoms with van der Waals surface area (Å²) in [7, 11) is 0. The van der Waals surface area contributed by atoms with Gasteiger partial charge in [-0.1, -0.05) is 0 Å². The third-order valence-electron chi connectivity index (χ3n) is 2.78. The van der Waals surface area contributed by atoms with Gasteiger partial charge in [0.1, 0.15) is 0 Å². The average molecular weight is 302 g/mol. The fourth-order valence-electron chi connectivity index (χ4n) is 1.83. The lowest BCUT2D eigenvalue weighted by atomic mass is 10.2. The van der Waals surface area contributed by atoms with E-state index in [1.165, 1.54) is 16.9 Å². The molecule has 0 spiro atoms. The van der Waals surface area contributed by atoms with Crippen LogP contribution in [-0.2, 0) is 11.2 Å². The number of nitrogens with zero attached hydrogens (tertiary/aromatic N) is 3. The van der Waals surface area contributed by atoms with Crippen molar-refractivity contribution in [1.82, 2.24) is 14.8 Å². The number of carbonyl (C=O) groups is 1. The molecule has 0 aliphatic heterocycles. The van der Waals surface area contributed by atoms with Crippen LogP contribution in [0.2, 0.25) is 0 Å². The predicted octanol–water partition coefficient (Wildman–Crippen LogP) is 2.65. The minimum absolute atomic E-state index is 0.139. The number of thiophene rings is 1. The van der Waals surface area contributed by atoms with Crippen LogP contribution in [0.5, 0.6) is 0 Å². The lowest BCUT2D eigenvalue weighted by Crippen LogP contribution is -2.14. The number of aromatic nitrogens is 3. The Morgan fingerprint density at radius 1 is 1.38 bits per heavy atom. The van der Waals surface area contributed by atoms with Crippen LogP contribution in [0.3, 0.4) is 0 Å². The van der Waals surface area contributed by atoms with Crippen LogP contribution in [-0.4, -0.2) is 20.7 Å². The predicted molar refractivity (Wildman–Crippen MR) is 78.0 cm³/mol. The van der Waals surface area contributed by atoms with E-state index in [-0.39, 0.29) is 5.91 Å². The van der Waals surface area contributed by atoms with Gasteiger partial charge in [0.15, 0.2) is 5.82 Å². The highest BCUT2D eigenvalue weighted by Crippen LogP contribution is 2.12. The Labute approximate surface area is 124 Å². The molecule has 3 aromatic heterocycles. The molecule has 0 fully saturated rings. The second kappa shape index (κ2) is 5.84. The monoisotopic (exact) mass is 302 g/mol. The van der Waals surface area contributed by atoms with E-state index in [0.29, 0.717) is 17.9 Å². The molecular formula is C14H11FN4OS. The van der Waals surface area contributed by atoms with Crippen LogP contribution >= 0.6 is 11.3 Å². The van der Waals surface area contributed by atoms with Gasteiger partial charge < -0.3 is 5.32 Å². The van der Waals surface area contributed by atoms with Crippen molar-refractivity contribution < 1.29 is 9.18 Å². The molecular weight excluding hydrogens is 291 g/mol. The van der Waals surface area contributed by atoms with Gasteiger partial charge in [-0.3, -0.25) is 4.79 Å². The standard InChI is InChI=1S/C14H11FN4OS/c15-12-8-11(1-4-16-12)19-5-2-13(18-19)17-14(20)7-10-3-6-21-9-10/h1-6,8-9H,7H2,(H,17,18,20). The van der Waals surface area contributed by atoms with Crippen molar-refractivity contribution in [3.05, 3.63) is 58.9 Å². The number of carbonyl (C=O) groups excluding carboxylic acids is 1. The van der Waals surface area contributed by atoms with Gasteiger partial charge in [0.05, 0.1) is 12.1 Å². The molecule has 0 unspecified atom stereocenters. The Kier molecular flexibility index (Phi) is 3.74. The quantitative estimate of drug-likeness (QED) is 0.754. The summed E-state index contributed by atoms with van der Waals surface area (Å²) in [6.07, 6.45) is 3.32. The van der Waals surface area contributed by atoms with Crippen molar-refractivity contribution in [2.45, 2.75) is 6.42 Å². The third-order valence-corrected chi connectivity index (χ3v) is 3.51. The first kappa shape index (κ1) is 13.4. The zero-order valence-corrected chi connectivity index (χ0v) is 11.7. The molecule has 3 aromatic rings. The summed E-state index contributed by atoms with van der Waals surface area (Å²) in [4.78, 5) is 15.3. The minimum Gasteiger partial charge on any atom is -0.309 e. The molecule has 1 amide bonds. The van der Waals surface area contributed by atoms with Crippen LogP contribution in [0, 0.1) is 5.95 Å². The Morgan fingerprint density at radius 3 is 3.05 bits per heavy atom. The summed E-state index contributed by atoms with van der Waals surface area (Å²) in [5.41, 5.74) is 1.51. The van der Waals surface area contributed by atoms with E-state index < -0.39 is 5.95 Å². The molecule has 21 heavy (non-hydrogen) atoms. The van der Waals surface area contributed by atoms with Gasteiger partial charge in [0.2, 0.25) is 11.9 Å². The first-order valence-corrected chi connectivity index (χ1v) is 7.13. The van der Waals surface area contributed by atoms with Crippen molar-refractivity contribution in [2.24, 2.45) is 0 Å². The first-order chi connectivity index (χ1) is 10.2. The number of halogens is 1. The van der Waals surface area contributed by atoms with Gasteiger partial charge in [0.25, 0.3) is 0 Å². The Morgan fingerprint density at radius 2 is 2.29 bits per heavy atom. The van der Waals surface area contributed by atoms with Crippen molar-refractivity contribution >= 4 is 23.1 Å². The van der Waals surface area contributed by atoms with Gasteiger partial charge in [-0.05, 0) is 28.5 Å².